The van der Waals surface area contributed by atoms with Crippen LogP contribution in [0.2, 0.25) is 0 Å². The smallest absolute Gasteiger partial charge is 0.320 e. The van der Waals surface area contributed by atoms with Crippen molar-refractivity contribution in [3.05, 3.63) is 48.0 Å². The molecule has 0 spiro atoms. The average Bonchev–Trinajstić information content (AvgIpc) is 2.27. The second-order valence-electron chi connectivity index (χ2n) is 4.03. The molecule has 17 heavy (non-hydrogen) atoms. The van der Waals surface area contributed by atoms with Gasteiger partial charge in [-0.15, -0.1) is 0 Å². The summed E-state index contributed by atoms with van der Waals surface area (Å²) in [6.07, 6.45) is -4.53. The third-order valence-electron chi connectivity index (χ3n) is 2.69. The van der Waals surface area contributed by atoms with E-state index in [1.165, 1.54) is 0 Å². The van der Waals surface area contributed by atoms with Crippen molar-refractivity contribution in [3.63, 3.8) is 0 Å². The Kier molecular flexibility index (Phi) is 3.07. The summed E-state index contributed by atoms with van der Waals surface area (Å²) in [7, 11) is 0. The van der Waals surface area contributed by atoms with E-state index in [4.69, 9.17) is 5.73 Å². The highest BCUT2D eigenvalue weighted by Gasteiger charge is 2.36. The van der Waals surface area contributed by atoms with Gasteiger partial charge in [0.2, 0.25) is 0 Å². The summed E-state index contributed by atoms with van der Waals surface area (Å²) in [5.41, 5.74) is 5.71. The van der Waals surface area contributed by atoms with Crippen molar-refractivity contribution in [1.29, 1.82) is 0 Å². The lowest BCUT2D eigenvalue weighted by molar-refractivity contribution is -0.147. The molecule has 0 aliphatic carbocycles. The van der Waals surface area contributed by atoms with Crippen LogP contribution in [-0.2, 0) is 6.42 Å². The molecule has 1 atom stereocenters. The first-order valence-electron chi connectivity index (χ1n) is 5.27. The van der Waals surface area contributed by atoms with Gasteiger partial charge in [-0.05, 0) is 22.8 Å². The Morgan fingerprint density at radius 2 is 1.65 bits per heavy atom. The van der Waals surface area contributed by atoms with Crippen molar-refractivity contribution in [1.82, 2.24) is 0 Å². The van der Waals surface area contributed by atoms with E-state index in [1.54, 1.807) is 12.1 Å². The lowest BCUT2D eigenvalue weighted by Crippen LogP contribution is -2.39. The molecular weight excluding hydrogens is 227 g/mol. The Morgan fingerprint density at radius 1 is 1.00 bits per heavy atom. The monoisotopic (exact) mass is 239 g/mol. The summed E-state index contributed by atoms with van der Waals surface area (Å²) in [4.78, 5) is 0. The van der Waals surface area contributed by atoms with Crippen LogP contribution >= 0.6 is 0 Å². The van der Waals surface area contributed by atoms with Gasteiger partial charge in [-0.1, -0.05) is 42.5 Å². The number of alkyl halides is 3. The second kappa shape index (κ2) is 4.37. The molecule has 0 bridgehead atoms. The average molecular weight is 239 g/mol. The molecule has 2 aromatic carbocycles. The zero-order valence-corrected chi connectivity index (χ0v) is 9.04. The van der Waals surface area contributed by atoms with Gasteiger partial charge in [-0.2, -0.15) is 13.2 Å². The van der Waals surface area contributed by atoms with Crippen LogP contribution in [0.5, 0.6) is 0 Å². The first-order chi connectivity index (χ1) is 7.97. The van der Waals surface area contributed by atoms with Gasteiger partial charge in [-0.3, -0.25) is 0 Å². The van der Waals surface area contributed by atoms with Gasteiger partial charge in [-0.25, -0.2) is 0 Å². The van der Waals surface area contributed by atoms with Gasteiger partial charge in [0.1, 0.15) is 6.04 Å². The van der Waals surface area contributed by atoms with E-state index in [1.807, 2.05) is 30.3 Å². The molecule has 0 unspecified atom stereocenters. The lowest BCUT2D eigenvalue weighted by Gasteiger charge is -2.15. The van der Waals surface area contributed by atoms with E-state index in [9.17, 15) is 13.2 Å². The minimum atomic E-state index is -4.34. The minimum absolute atomic E-state index is 0.186. The molecule has 0 saturated heterocycles. The standard InChI is InChI=1S/C13H12F3N/c14-13(15,16)12(17)8-9-5-6-10-3-1-2-4-11(10)7-9/h1-7,12H,8,17H2/t12-/m0/s1. The van der Waals surface area contributed by atoms with Crippen LogP contribution in [0.15, 0.2) is 42.5 Å². The predicted octanol–water partition coefficient (Wildman–Crippen LogP) is 3.27. The summed E-state index contributed by atoms with van der Waals surface area (Å²) >= 11 is 0. The molecule has 2 aromatic rings. The number of hydrogen-bond donors (Lipinski definition) is 1. The van der Waals surface area contributed by atoms with Crippen LogP contribution in [0.25, 0.3) is 10.8 Å². The summed E-state index contributed by atoms with van der Waals surface area (Å²) in [6.45, 7) is 0. The zero-order chi connectivity index (χ0) is 12.5. The maximum Gasteiger partial charge on any atom is 0.403 e. The van der Waals surface area contributed by atoms with E-state index in [2.05, 4.69) is 0 Å². The number of benzene rings is 2. The number of halogens is 3. The van der Waals surface area contributed by atoms with Crippen molar-refractivity contribution in [2.24, 2.45) is 5.73 Å². The Bertz CT molecular complexity index is 519. The summed E-state index contributed by atoms with van der Waals surface area (Å²) < 4.78 is 37.0. The Labute approximate surface area is 97.0 Å². The molecule has 0 fully saturated rings. The van der Waals surface area contributed by atoms with E-state index >= 15 is 0 Å². The first-order valence-corrected chi connectivity index (χ1v) is 5.27. The Balaban J connectivity index is 2.25. The molecule has 0 aliphatic rings. The van der Waals surface area contributed by atoms with E-state index in [-0.39, 0.29) is 6.42 Å². The summed E-state index contributed by atoms with van der Waals surface area (Å²) in [5, 5.41) is 1.94. The van der Waals surface area contributed by atoms with Crippen LogP contribution in [0, 0.1) is 0 Å². The third-order valence-corrected chi connectivity index (χ3v) is 2.69. The van der Waals surface area contributed by atoms with Gasteiger partial charge in [0.05, 0.1) is 0 Å². The number of nitrogens with two attached hydrogens (primary N) is 1. The van der Waals surface area contributed by atoms with Crippen LogP contribution < -0.4 is 5.73 Å². The maximum atomic E-state index is 12.3. The fourth-order valence-corrected chi connectivity index (χ4v) is 1.74. The SMILES string of the molecule is N[C@@H](Cc1ccc2ccccc2c1)C(F)(F)F. The van der Waals surface area contributed by atoms with Crippen LogP contribution in [-0.4, -0.2) is 12.2 Å². The van der Waals surface area contributed by atoms with Crippen molar-refractivity contribution in [3.8, 4) is 0 Å². The van der Waals surface area contributed by atoms with Crippen LogP contribution in [0.4, 0.5) is 13.2 Å². The maximum absolute atomic E-state index is 12.3. The highest BCUT2D eigenvalue weighted by molar-refractivity contribution is 5.82. The molecule has 0 aliphatic heterocycles. The molecule has 4 heteroatoms. The van der Waals surface area contributed by atoms with Gasteiger partial charge in [0.15, 0.2) is 0 Å². The zero-order valence-electron chi connectivity index (χ0n) is 9.04. The molecule has 0 saturated carbocycles. The van der Waals surface area contributed by atoms with Crippen molar-refractivity contribution in [2.45, 2.75) is 18.6 Å². The molecule has 2 N–H and O–H groups in total. The lowest BCUT2D eigenvalue weighted by atomic mass is 10.0. The minimum Gasteiger partial charge on any atom is -0.320 e. The molecule has 0 amide bonds. The van der Waals surface area contributed by atoms with E-state index < -0.39 is 12.2 Å². The van der Waals surface area contributed by atoms with Crippen molar-refractivity contribution < 1.29 is 13.2 Å². The van der Waals surface area contributed by atoms with Gasteiger partial charge < -0.3 is 5.73 Å². The second-order valence-corrected chi connectivity index (χ2v) is 4.03. The Hall–Kier alpha value is -1.55. The molecule has 1 nitrogen and oxygen atoms in total. The fourth-order valence-electron chi connectivity index (χ4n) is 1.74. The van der Waals surface area contributed by atoms with E-state index in [0.717, 1.165) is 10.8 Å². The van der Waals surface area contributed by atoms with Gasteiger partial charge in [0.25, 0.3) is 0 Å². The highest BCUT2D eigenvalue weighted by Crippen LogP contribution is 2.23. The third kappa shape index (κ3) is 2.77. The number of hydrogen-bond acceptors (Lipinski definition) is 1. The normalized spacial score (nSPS) is 13.9. The fraction of sp³-hybridized carbons (Fsp3) is 0.231. The molecule has 0 aromatic heterocycles. The van der Waals surface area contributed by atoms with Crippen molar-refractivity contribution >= 4 is 10.8 Å². The summed E-state index contributed by atoms with van der Waals surface area (Å²) in [5.74, 6) is 0. The van der Waals surface area contributed by atoms with E-state index in [0.29, 0.717) is 5.56 Å². The topological polar surface area (TPSA) is 26.0 Å². The molecule has 0 heterocycles. The molecule has 2 rings (SSSR count). The largest absolute Gasteiger partial charge is 0.403 e. The summed E-state index contributed by atoms with van der Waals surface area (Å²) in [6, 6.07) is 11.0. The van der Waals surface area contributed by atoms with Gasteiger partial charge >= 0.3 is 6.18 Å². The molecule has 90 valence electrons. The van der Waals surface area contributed by atoms with Crippen LogP contribution in [0.1, 0.15) is 5.56 Å². The molecular formula is C13H12F3N. The Morgan fingerprint density at radius 3 is 2.29 bits per heavy atom. The van der Waals surface area contributed by atoms with Gasteiger partial charge in [0, 0.05) is 0 Å². The highest BCUT2D eigenvalue weighted by atomic mass is 19.4. The molecule has 0 radical (unpaired) electrons. The quantitative estimate of drug-likeness (QED) is 0.855. The van der Waals surface area contributed by atoms with Crippen molar-refractivity contribution in [2.75, 3.05) is 0 Å². The first kappa shape index (κ1) is 11.9. The van der Waals surface area contributed by atoms with Crippen LogP contribution in [0.3, 0.4) is 0 Å². The number of rotatable bonds is 2. The number of fused-ring (bicyclic) bond motifs is 1. The predicted molar refractivity (Wildman–Crippen MR) is 61.7 cm³/mol.